The van der Waals surface area contributed by atoms with Crippen molar-refractivity contribution in [2.45, 2.75) is 38.8 Å². The third kappa shape index (κ3) is 4.35. The number of methoxy groups -OCH3 is 1. The van der Waals surface area contributed by atoms with Gasteiger partial charge < -0.3 is 10.1 Å². The molecular weight excluding hydrogens is 236 g/mol. The first kappa shape index (κ1) is 15.1. The molecule has 4 heteroatoms. The normalized spacial score (nSPS) is 13.7. The fourth-order valence-electron chi connectivity index (χ4n) is 1.65. The maximum absolute atomic E-state index is 13.5. The summed E-state index contributed by atoms with van der Waals surface area (Å²) in [5, 5.41) is 3.17. The number of rotatable bonds is 6. The van der Waals surface area contributed by atoms with E-state index in [1.807, 2.05) is 20.8 Å². The minimum Gasteiger partial charge on any atom is -0.379 e. The average Bonchev–Trinajstić information content (AvgIpc) is 2.32. The van der Waals surface area contributed by atoms with Gasteiger partial charge in [-0.2, -0.15) is 0 Å². The van der Waals surface area contributed by atoms with Crippen molar-refractivity contribution in [1.82, 2.24) is 5.32 Å². The van der Waals surface area contributed by atoms with Crippen molar-refractivity contribution >= 4 is 0 Å². The number of halogens is 2. The summed E-state index contributed by atoms with van der Waals surface area (Å²) in [6.07, 6.45) is 0.796. The molecule has 0 aliphatic carbocycles. The third-order valence-electron chi connectivity index (χ3n) is 3.15. The van der Waals surface area contributed by atoms with Crippen LogP contribution < -0.4 is 5.32 Å². The Morgan fingerprint density at radius 2 is 2.00 bits per heavy atom. The smallest absolute Gasteiger partial charge is 0.128 e. The molecule has 1 unspecified atom stereocenters. The Kier molecular flexibility index (Phi) is 5.23. The van der Waals surface area contributed by atoms with E-state index in [0.29, 0.717) is 12.1 Å². The monoisotopic (exact) mass is 257 g/mol. The van der Waals surface area contributed by atoms with Gasteiger partial charge in [0.2, 0.25) is 0 Å². The van der Waals surface area contributed by atoms with Gasteiger partial charge in [0, 0.05) is 18.7 Å². The molecule has 18 heavy (non-hydrogen) atoms. The van der Waals surface area contributed by atoms with Gasteiger partial charge in [0.15, 0.2) is 0 Å². The van der Waals surface area contributed by atoms with Gasteiger partial charge in [-0.3, -0.25) is 0 Å². The van der Waals surface area contributed by atoms with Crippen molar-refractivity contribution < 1.29 is 13.5 Å². The minimum absolute atomic E-state index is 0.215. The molecule has 0 heterocycles. The molecule has 0 aliphatic heterocycles. The van der Waals surface area contributed by atoms with Crippen molar-refractivity contribution in [1.29, 1.82) is 0 Å². The highest BCUT2D eigenvalue weighted by atomic mass is 19.1. The molecule has 1 N–H and O–H groups in total. The van der Waals surface area contributed by atoms with Gasteiger partial charge in [0.25, 0.3) is 0 Å². The Labute approximate surface area is 107 Å². The lowest BCUT2D eigenvalue weighted by Gasteiger charge is -2.24. The van der Waals surface area contributed by atoms with Gasteiger partial charge in [-0.25, -0.2) is 8.78 Å². The summed E-state index contributed by atoms with van der Waals surface area (Å²) >= 11 is 0. The zero-order valence-electron chi connectivity index (χ0n) is 11.4. The maximum atomic E-state index is 13.5. The molecule has 1 aromatic carbocycles. The highest BCUT2D eigenvalue weighted by Crippen LogP contribution is 2.19. The van der Waals surface area contributed by atoms with E-state index in [2.05, 4.69) is 5.32 Å². The van der Waals surface area contributed by atoms with Crippen molar-refractivity contribution in [3.05, 3.63) is 35.4 Å². The second kappa shape index (κ2) is 6.25. The topological polar surface area (TPSA) is 21.3 Å². The summed E-state index contributed by atoms with van der Waals surface area (Å²) in [6, 6.07) is 3.28. The molecule has 1 rings (SSSR count). The molecule has 2 nitrogen and oxygen atoms in total. The van der Waals surface area contributed by atoms with Gasteiger partial charge in [0.05, 0.1) is 5.60 Å². The van der Waals surface area contributed by atoms with Gasteiger partial charge in [-0.1, -0.05) is 0 Å². The van der Waals surface area contributed by atoms with E-state index in [1.54, 1.807) is 7.11 Å². The molecule has 0 fully saturated rings. The molecule has 0 saturated heterocycles. The number of benzene rings is 1. The molecule has 0 saturated carbocycles. The molecule has 0 radical (unpaired) electrons. The summed E-state index contributed by atoms with van der Waals surface area (Å²) in [5.41, 5.74) is 0.137. The fraction of sp³-hybridized carbons (Fsp3) is 0.571. The first-order chi connectivity index (χ1) is 8.35. The first-order valence-electron chi connectivity index (χ1n) is 6.09. The maximum Gasteiger partial charge on any atom is 0.128 e. The van der Waals surface area contributed by atoms with E-state index in [9.17, 15) is 8.78 Å². The Balaban J connectivity index is 2.55. The highest BCUT2D eigenvalue weighted by Gasteiger charge is 2.17. The molecule has 102 valence electrons. The zero-order chi connectivity index (χ0) is 13.8. The Morgan fingerprint density at radius 3 is 2.61 bits per heavy atom. The lowest BCUT2D eigenvalue weighted by atomic mass is 10.0. The van der Waals surface area contributed by atoms with Gasteiger partial charge in [-0.15, -0.1) is 0 Å². The van der Waals surface area contributed by atoms with Crippen LogP contribution in [-0.2, 0) is 4.74 Å². The molecule has 1 atom stereocenters. The fourth-order valence-corrected chi connectivity index (χ4v) is 1.65. The van der Waals surface area contributed by atoms with Crippen LogP contribution in [0.1, 0.15) is 38.8 Å². The number of hydrogen-bond donors (Lipinski definition) is 1. The van der Waals surface area contributed by atoms with Crippen LogP contribution in [0.25, 0.3) is 0 Å². The second-order valence-electron chi connectivity index (χ2n) is 5.06. The second-order valence-corrected chi connectivity index (χ2v) is 5.06. The van der Waals surface area contributed by atoms with E-state index < -0.39 is 5.82 Å². The number of hydrogen-bond acceptors (Lipinski definition) is 2. The zero-order valence-corrected chi connectivity index (χ0v) is 11.4. The highest BCUT2D eigenvalue weighted by molar-refractivity contribution is 5.21. The Morgan fingerprint density at radius 1 is 1.33 bits per heavy atom. The van der Waals surface area contributed by atoms with E-state index >= 15 is 0 Å². The van der Waals surface area contributed by atoms with E-state index in [0.717, 1.165) is 18.6 Å². The van der Waals surface area contributed by atoms with Crippen LogP contribution in [0.2, 0.25) is 0 Å². The third-order valence-corrected chi connectivity index (χ3v) is 3.15. The average molecular weight is 257 g/mol. The lowest BCUT2D eigenvalue weighted by molar-refractivity contribution is 0.0154. The van der Waals surface area contributed by atoms with Crippen molar-refractivity contribution in [2.24, 2.45) is 0 Å². The number of ether oxygens (including phenoxy) is 1. The number of nitrogens with one attached hydrogen (secondary N) is 1. The van der Waals surface area contributed by atoms with Crippen molar-refractivity contribution in [3.63, 3.8) is 0 Å². The van der Waals surface area contributed by atoms with Gasteiger partial charge in [0.1, 0.15) is 11.6 Å². The summed E-state index contributed by atoms with van der Waals surface area (Å²) < 4.78 is 31.9. The van der Waals surface area contributed by atoms with E-state index in [1.165, 1.54) is 6.07 Å². The van der Waals surface area contributed by atoms with E-state index in [4.69, 9.17) is 4.74 Å². The molecule has 0 spiro atoms. The van der Waals surface area contributed by atoms with Crippen LogP contribution >= 0.6 is 0 Å². The summed E-state index contributed by atoms with van der Waals surface area (Å²) in [5.74, 6) is -0.806. The Bertz CT molecular complexity index is 393. The minimum atomic E-state index is -0.419. The van der Waals surface area contributed by atoms with Crippen molar-refractivity contribution in [3.8, 4) is 0 Å². The lowest BCUT2D eigenvalue weighted by Crippen LogP contribution is -2.30. The van der Waals surface area contributed by atoms with Crippen LogP contribution in [0, 0.1) is 11.6 Å². The molecule has 0 bridgehead atoms. The predicted molar refractivity (Wildman–Crippen MR) is 68.5 cm³/mol. The molecule has 0 aromatic heterocycles. The van der Waals surface area contributed by atoms with Gasteiger partial charge >= 0.3 is 0 Å². The quantitative estimate of drug-likeness (QED) is 0.843. The van der Waals surface area contributed by atoms with Crippen LogP contribution in [0.5, 0.6) is 0 Å². The predicted octanol–water partition coefficient (Wildman–Crippen LogP) is 3.43. The molecule has 1 aromatic rings. The molecule has 0 aliphatic rings. The SMILES string of the molecule is COC(C)(C)CCNC(C)c1cc(F)ccc1F. The summed E-state index contributed by atoms with van der Waals surface area (Å²) in [4.78, 5) is 0. The standard InChI is InChI=1S/C14H21F2NO/c1-10(17-8-7-14(2,3)18-4)12-9-11(15)5-6-13(12)16/h5-6,9-10,17H,7-8H2,1-4H3. The summed E-state index contributed by atoms with van der Waals surface area (Å²) in [7, 11) is 1.66. The van der Waals surface area contributed by atoms with Crippen molar-refractivity contribution in [2.75, 3.05) is 13.7 Å². The van der Waals surface area contributed by atoms with Gasteiger partial charge in [-0.05, 0) is 51.9 Å². The largest absolute Gasteiger partial charge is 0.379 e. The molecule has 0 amide bonds. The molecular formula is C14H21F2NO. The van der Waals surface area contributed by atoms with Crippen LogP contribution in [-0.4, -0.2) is 19.3 Å². The van der Waals surface area contributed by atoms with Crippen LogP contribution in [0.4, 0.5) is 8.78 Å². The van der Waals surface area contributed by atoms with E-state index in [-0.39, 0.29) is 17.5 Å². The summed E-state index contributed by atoms with van der Waals surface area (Å²) in [6.45, 7) is 6.47. The first-order valence-corrected chi connectivity index (χ1v) is 6.09. The van der Waals surface area contributed by atoms with Crippen LogP contribution in [0.15, 0.2) is 18.2 Å². The van der Waals surface area contributed by atoms with Crippen LogP contribution in [0.3, 0.4) is 0 Å². The Hall–Kier alpha value is -1.00.